The van der Waals surface area contributed by atoms with Crippen LogP contribution in [0.5, 0.6) is 5.75 Å². The number of phenols is 1. The number of carboxylic acids is 1. The van der Waals surface area contributed by atoms with E-state index in [9.17, 15) is 9.90 Å². The molecule has 0 aliphatic carbocycles. The first-order valence-corrected chi connectivity index (χ1v) is 5.04. The molecule has 2 aromatic carbocycles. The number of hydrogen-bond acceptors (Lipinski definition) is 2. The van der Waals surface area contributed by atoms with E-state index in [2.05, 4.69) is 15.9 Å². The van der Waals surface area contributed by atoms with E-state index in [1.165, 1.54) is 12.1 Å². The number of carboxylic acid groups (broad SMARTS) is 1. The summed E-state index contributed by atoms with van der Waals surface area (Å²) in [6, 6.07) is 8.03. The van der Waals surface area contributed by atoms with Crippen LogP contribution in [0, 0.1) is 0 Å². The highest BCUT2D eigenvalue weighted by Crippen LogP contribution is 2.33. The summed E-state index contributed by atoms with van der Waals surface area (Å²) in [4.78, 5) is 11.0. The van der Waals surface area contributed by atoms with Crippen molar-refractivity contribution >= 4 is 32.7 Å². The molecule has 0 amide bonds. The number of fused-ring (bicyclic) bond motifs is 1. The van der Waals surface area contributed by atoms with Gasteiger partial charge >= 0.3 is 5.97 Å². The summed E-state index contributed by atoms with van der Waals surface area (Å²) in [5, 5.41) is 19.7. The fourth-order valence-electron chi connectivity index (χ4n) is 1.53. The highest BCUT2D eigenvalue weighted by Gasteiger charge is 2.12. The molecule has 0 atom stereocenters. The van der Waals surface area contributed by atoms with Gasteiger partial charge in [-0.3, -0.25) is 0 Å². The Labute approximate surface area is 94.1 Å². The first kappa shape index (κ1) is 9.98. The molecule has 4 heteroatoms. The Morgan fingerprint density at radius 1 is 1.20 bits per heavy atom. The predicted molar refractivity (Wildman–Crippen MR) is 60.3 cm³/mol. The van der Waals surface area contributed by atoms with E-state index >= 15 is 0 Å². The molecule has 2 N–H and O–H groups in total. The Balaban J connectivity index is 2.96. The molecule has 3 nitrogen and oxygen atoms in total. The van der Waals surface area contributed by atoms with Gasteiger partial charge in [-0.1, -0.05) is 28.1 Å². The third-order valence-electron chi connectivity index (χ3n) is 2.20. The van der Waals surface area contributed by atoms with Crippen LogP contribution in [-0.4, -0.2) is 16.2 Å². The lowest BCUT2D eigenvalue weighted by atomic mass is 10.0. The van der Waals surface area contributed by atoms with E-state index in [4.69, 9.17) is 5.11 Å². The molecule has 0 saturated heterocycles. The smallest absolute Gasteiger partial charge is 0.336 e. The van der Waals surface area contributed by atoms with Gasteiger partial charge < -0.3 is 10.2 Å². The minimum absolute atomic E-state index is 0.0220. The Morgan fingerprint density at radius 3 is 2.60 bits per heavy atom. The quantitative estimate of drug-likeness (QED) is 0.834. The standard InChI is InChI=1S/C11H7BrO3/c12-8-4-5-9(13)10-6(8)2-1-3-7(10)11(14)15/h1-5,13H,(H,14,15). The normalized spacial score (nSPS) is 10.5. The van der Waals surface area contributed by atoms with Crippen LogP contribution in [0.15, 0.2) is 34.8 Å². The average Bonchev–Trinajstić information content (AvgIpc) is 2.23. The van der Waals surface area contributed by atoms with Crippen LogP contribution in [0.25, 0.3) is 10.8 Å². The third kappa shape index (κ3) is 1.57. The second kappa shape index (κ2) is 3.55. The Morgan fingerprint density at radius 2 is 1.93 bits per heavy atom. The van der Waals surface area contributed by atoms with Gasteiger partial charge in [0.15, 0.2) is 0 Å². The van der Waals surface area contributed by atoms with Crippen molar-refractivity contribution in [2.75, 3.05) is 0 Å². The van der Waals surface area contributed by atoms with Gasteiger partial charge in [0.2, 0.25) is 0 Å². The maximum atomic E-state index is 11.0. The van der Waals surface area contributed by atoms with Gasteiger partial charge in [0, 0.05) is 15.2 Å². The minimum Gasteiger partial charge on any atom is -0.507 e. The van der Waals surface area contributed by atoms with Crippen molar-refractivity contribution < 1.29 is 15.0 Å². The first-order valence-electron chi connectivity index (χ1n) is 4.25. The summed E-state index contributed by atoms with van der Waals surface area (Å²) in [5.41, 5.74) is 0.103. The number of rotatable bonds is 1. The molecule has 0 saturated carbocycles. The van der Waals surface area contributed by atoms with Gasteiger partial charge in [0.05, 0.1) is 5.56 Å². The Bertz CT molecular complexity index is 549. The average molecular weight is 267 g/mol. The summed E-state index contributed by atoms with van der Waals surface area (Å²) in [6.07, 6.45) is 0. The molecule has 76 valence electrons. The molecule has 2 rings (SSSR count). The molecule has 0 fully saturated rings. The number of carbonyl (C=O) groups is 1. The Hall–Kier alpha value is -1.55. The zero-order valence-electron chi connectivity index (χ0n) is 7.57. The van der Waals surface area contributed by atoms with Crippen LogP contribution in [0.2, 0.25) is 0 Å². The fourth-order valence-corrected chi connectivity index (χ4v) is 1.99. The molecular weight excluding hydrogens is 260 g/mol. The van der Waals surface area contributed by atoms with Crippen LogP contribution in [0.4, 0.5) is 0 Å². The number of hydrogen-bond donors (Lipinski definition) is 2. The van der Waals surface area contributed by atoms with Crippen molar-refractivity contribution in [2.45, 2.75) is 0 Å². The molecule has 0 bridgehead atoms. The van der Waals surface area contributed by atoms with Crippen LogP contribution in [0.3, 0.4) is 0 Å². The van der Waals surface area contributed by atoms with Crippen molar-refractivity contribution in [3.63, 3.8) is 0 Å². The molecule has 0 aliphatic rings. The molecule has 0 spiro atoms. The minimum atomic E-state index is -1.05. The SMILES string of the molecule is O=C(O)c1cccc2c(Br)ccc(O)c12. The monoisotopic (exact) mass is 266 g/mol. The highest BCUT2D eigenvalue weighted by molar-refractivity contribution is 9.10. The lowest BCUT2D eigenvalue weighted by Gasteiger charge is -2.06. The predicted octanol–water partition coefficient (Wildman–Crippen LogP) is 3.01. The van der Waals surface area contributed by atoms with E-state index in [0.29, 0.717) is 10.8 Å². The van der Waals surface area contributed by atoms with Crippen molar-refractivity contribution in [3.8, 4) is 5.75 Å². The molecule has 0 aliphatic heterocycles. The molecular formula is C11H7BrO3. The molecule has 0 unspecified atom stereocenters. The van der Waals surface area contributed by atoms with Gasteiger partial charge in [0.1, 0.15) is 5.75 Å². The largest absolute Gasteiger partial charge is 0.507 e. The fraction of sp³-hybridized carbons (Fsp3) is 0. The van der Waals surface area contributed by atoms with Gasteiger partial charge in [-0.25, -0.2) is 4.79 Å². The number of phenolic OH excluding ortho intramolecular Hbond substituents is 1. The van der Waals surface area contributed by atoms with Crippen molar-refractivity contribution in [3.05, 3.63) is 40.4 Å². The van der Waals surface area contributed by atoms with Crippen molar-refractivity contribution in [1.82, 2.24) is 0 Å². The maximum Gasteiger partial charge on any atom is 0.336 e. The molecule has 15 heavy (non-hydrogen) atoms. The maximum absolute atomic E-state index is 11.0. The zero-order valence-corrected chi connectivity index (χ0v) is 9.15. The molecule has 0 aromatic heterocycles. The first-order chi connectivity index (χ1) is 7.11. The summed E-state index contributed by atoms with van der Waals surface area (Å²) in [6.45, 7) is 0. The van der Waals surface area contributed by atoms with Crippen LogP contribution < -0.4 is 0 Å². The summed E-state index contributed by atoms with van der Waals surface area (Å²) in [5.74, 6) is -1.07. The number of benzene rings is 2. The highest BCUT2D eigenvalue weighted by atomic mass is 79.9. The topological polar surface area (TPSA) is 57.5 Å². The van der Waals surface area contributed by atoms with E-state index in [0.717, 1.165) is 4.47 Å². The summed E-state index contributed by atoms with van der Waals surface area (Å²) < 4.78 is 0.762. The van der Waals surface area contributed by atoms with Gasteiger partial charge in [0.25, 0.3) is 0 Å². The number of aromatic carboxylic acids is 1. The number of halogens is 1. The lowest BCUT2D eigenvalue weighted by Crippen LogP contribution is -1.97. The lowest BCUT2D eigenvalue weighted by molar-refractivity contribution is 0.0699. The van der Waals surface area contributed by atoms with Gasteiger partial charge in [-0.2, -0.15) is 0 Å². The zero-order chi connectivity index (χ0) is 11.0. The Kier molecular flexibility index (Phi) is 2.36. The van der Waals surface area contributed by atoms with E-state index in [1.807, 2.05) is 0 Å². The number of aromatic hydroxyl groups is 1. The summed E-state index contributed by atoms with van der Waals surface area (Å²) >= 11 is 3.31. The van der Waals surface area contributed by atoms with Crippen LogP contribution >= 0.6 is 15.9 Å². The van der Waals surface area contributed by atoms with Gasteiger partial charge in [-0.05, 0) is 18.2 Å². The van der Waals surface area contributed by atoms with Gasteiger partial charge in [-0.15, -0.1) is 0 Å². The molecule has 0 radical (unpaired) electrons. The van der Waals surface area contributed by atoms with Crippen LogP contribution in [-0.2, 0) is 0 Å². The van der Waals surface area contributed by atoms with E-state index in [-0.39, 0.29) is 11.3 Å². The molecule has 0 heterocycles. The summed E-state index contributed by atoms with van der Waals surface area (Å²) in [7, 11) is 0. The van der Waals surface area contributed by atoms with Crippen molar-refractivity contribution in [2.24, 2.45) is 0 Å². The van der Waals surface area contributed by atoms with E-state index < -0.39 is 5.97 Å². The van der Waals surface area contributed by atoms with Crippen LogP contribution in [0.1, 0.15) is 10.4 Å². The van der Waals surface area contributed by atoms with E-state index in [1.54, 1.807) is 18.2 Å². The van der Waals surface area contributed by atoms with Crippen molar-refractivity contribution in [1.29, 1.82) is 0 Å². The second-order valence-corrected chi connectivity index (χ2v) is 3.95. The molecule has 2 aromatic rings. The second-order valence-electron chi connectivity index (χ2n) is 3.10. The third-order valence-corrected chi connectivity index (χ3v) is 2.89.